The van der Waals surface area contributed by atoms with Gasteiger partial charge in [-0.15, -0.1) is 0 Å². The minimum atomic E-state index is -0.808. The van der Waals surface area contributed by atoms with Crippen molar-refractivity contribution in [3.8, 4) is 22.6 Å². The van der Waals surface area contributed by atoms with Crippen molar-refractivity contribution in [3.05, 3.63) is 48.0 Å². The van der Waals surface area contributed by atoms with Crippen LogP contribution in [-0.2, 0) is 30.3 Å². The summed E-state index contributed by atoms with van der Waals surface area (Å²) in [6, 6.07) is 12.5. The molecule has 0 bridgehead atoms. The molecule has 1 N–H and O–H groups in total. The summed E-state index contributed by atoms with van der Waals surface area (Å²) in [5.74, 6) is 0.0448. The van der Waals surface area contributed by atoms with Gasteiger partial charge in [-0.3, -0.25) is 9.59 Å². The lowest BCUT2D eigenvalue weighted by Crippen LogP contribution is -2.46. The second-order valence-electron chi connectivity index (χ2n) is 8.59. The molecule has 2 aromatic rings. The maximum Gasteiger partial charge on any atom is 0.328 e. The lowest BCUT2D eigenvalue weighted by molar-refractivity contribution is -0.148. The summed E-state index contributed by atoms with van der Waals surface area (Å²) in [4.78, 5) is 37.1. The highest BCUT2D eigenvalue weighted by Gasteiger charge is 2.32. The van der Waals surface area contributed by atoms with E-state index in [1.54, 1.807) is 14.2 Å². The van der Waals surface area contributed by atoms with E-state index in [4.69, 9.17) is 18.9 Å². The summed E-state index contributed by atoms with van der Waals surface area (Å²) in [6.45, 7) is 0. The van der Waals surface area contributed by atoms with Crippen LogP contribution in [0, 0.1) is 11.8 Å². The number of methoxy groups -OCH3 is 4. The monoisotopic (exact) mass is 483 g/mol. The molecule has 0 radical (unpaired) electrons. The van der Waals surface area contributed by atoms with Gasteiger partial charge in [0.2, 0.25) is 5.91 Å². The average Bonchev–Trinajstić information content (AvgIpc) is 2.91. The summed E-state index contributed by atoms with van der Waals surface area (Å²) < 4.78 is 20.7. The highest BCUT2D eigenvalue weighted by atomic mass is 16.5. The Morgan fingerprint density at radius 2 is 1.40 bits per heavy atom. The van der Waals surface area contributed by atoms with Crippen LogP contribution in [0.15, 0.2) is 42.5 Å². The van der Waals surface area contributed by atoms with Crippen LogP contribution in [0.1, 0.15) is 31.2 Å². The maximum absolute atomic E-state index is 12.9. The van der Waals surface area contributed by atoms with E-state index in [0.717, 1.165) is 16.7 Å². The van der Waals surface area contributed by atoms with Crippen molar-refractivity contribution in [1.82, 2.24) is 5.32 Å². The van der Waals surface area contributed by atoms with Gasteiger partial charge in [-0.2, -0.15) is 0 Å². The first-order valence-electron chi connectivity index (χ1n) is 11.7. The zero-order valence-corrected chi connectivity index (χ0v) is 20.7. The molecule has 1 unspecified atom stereocenters. The Morgan fingerprint density at radius 1 is 0.829 bits per heavy atom. The number of esters is 2. The maximum atomic E-state index is 12.9. The fraction of sp³-hybridized carbons (Fsp3) is 0.444. The SMILES string of the molecule is COC(=O)C1CCC(C(=O)NC(Cc2ccc(-c3c(OC)cccc3OC)cc2)C(=O)OC)CC1. The van der Waals surface area contributed by atoms with Gasteiger partial charge >= 0.3 is 11.9 Å². The second-order valence-corrected chi connectivity index (χ2v) is 8.59. The lowest BCUT2D eigenvalue weighted by Gasteiger charge is -2.27. The topological polar surface area (TPSA) is 100 Å². The molecule has 0 saturated heterocycles. The standard InChI is InChI=1S/C27H33NO7/c1-32-22-6-5-7-23(33-2)24(22)18-10-8-17(9-11-18)16-21(27(31)35-4)28-25(29)19-12-14-20(15-13-19)26(30)34-3/h5-11,19-21H,12-16H2,1-4H3,(H,28,29). The molecule has 1 amide bonds. The van der Waals surface area contributed by atoms with Gasteiger partial charge in [0, 0.05) is 12.3 Å². The molecule has 8 heteroatoms. The average molecular weight is 484 g/mol. The Kier molecular flexibility index (Phi) is 9.11. The Morgan fingerprint density at radius 3 is 1.91 bits per heavy atom. The molecule has 1 aliphatic carbocycles. The summed E-state index contributed by atoms with van der Waals surface area (Å²) in [7, 11) is 5.90. The van der Waals surface area contributed by atoms with E-state index in [9.17, 15) is 14.4 Å². The van der Waals surface area contributed by atoms with Gasteiger partial charge in [-0.05, 0) is 48.9 Å². The summed E-state index contributed by atoms with van der Waals surface area (Å²) in [5.41, 5.74) is 2.61. The highest BCUT2D eigenvalue weighted by Crippen LogP contribution is 2.38. The third-order valence-electron chi connectivity index (χ3n) is 6.54. The van der Waals surface area contributed by atoms with Crippen LogP contribution in [0.4, 0.5) is 0 Å². The first-order valence-corrected chi connectivity index (χ1v) is 11.7. The van der Waals surface area contributed by atoms with Crippen LogP contribution in [0.3, 0.4) is 0 Å². The number of ether oxygens (including phenoxy) is 4. The van der Waals surface area contributed by atoms with Gasteiger partial charge in [0.1, 0.15) is 17.5 Å². The lowest BCUT2D eigenvalue weighted by atomic mass is 9.81. The smallest absolute Gasteiger partial charge is 0.328 e. The van der Waals surface area contributed by atoms with Crippen molar-refractivity contribution in [2.24, 2.45) is 11.8 Å². The number of rotatable bonds is 9. The van der Waals surface area contributed by atoms with E-state index < -0.39 is 12.0 Å². The van der Waals surface area contributed by atoms with Crippen molar-refractivity contribution in [3.63, 3.8) is 0 Å². The molecule has 1 fully saturated rings. The minimum Gasteiger partial charge on any atom is -0.496 e. The molecule has 35 heavy (non-hydrogen) atoms. The predicted octanol–water partition coefficient (Wildman–Crippen LogP) is 3.55. The van der Waals surface area contributed by atoms with Gasteiger partial charge in [-0.25, -0.2) is 4.79 Å². The molecule has 0 heterocycles. The van der Waals surface area contributed by atoms with Crippen molar-refractivity contribution in [1.29, 1.82) is 0 Å². The molecular weight excluding hydrogens is 450 g/mol. The molecule has 0 spiro atoms. The first-order chi connectivity index (χ1) is 16.9. The van der Waals surface area contributed by atoms with E-state index in [2.05, 4.69) is 5.32 Å². The Hall–Kier alpha value is -3.55. The van der Waals surface area contributed by atoms with Crippen LogP contribution >= 0.6 is 0 Å². The molecule has 3 rings (SSSR count). The number of benzene rings is 2. The molecule has 188 valence electrons. The molecule has 1 atom stereocenters. The van der Waals surface area contributed by atoms with Crippen molar-refractivity contribution >= 4 is 17.8 Å². The Bertz CT molecular complexity index is 1000. The molecule has 8 nitrogen and oxygen atoms in total. The van der Waals surface area contributed by atoms with E-state index >= 15 is 0 Å². The number of carbonyl (C=O) groups excluding carboxylic acids is 3. The normalized spacial score (nSPS) is 18.2. The van der Waals surface area contributed by atoms with E-state index in [-0.39, 0.29) is 23.7 Å². The van der Waals surface area contributed by atoms with Gasteiger partial charge in [0.05, 0.1) is 39.9 Å². The van der Waals surface area contributed by atoms with Crippen LogP contribution in [0.2, 0.25) is 0 Å². The van der Waals surface area contributed by atoms with Gasteiger partial charge in [0.15, 0.2) is 0 Å². The Balaban J connectivity index is 1.69. The number of carbonyl (C=O) groups is 3. The summed E-state index contributed by atoms with van der Waals surface area (Å²) >= 11 is 0. The zero-order chi connectivity index (χ0) is 25.4. The van der Waals surface area contributed by atoms with Crippen LogP contribution in [-0.4, -0.2) is 52.3 Å². The molecular formula is C27H33NO7. The van der Waals surface area contributed by atoms with Gasteiger partial charge in [0.25, 0.3) is 0 Å². The fourth-order valence-electron chi connectivity index (χ4n) is 4.56. The molecule has 0 aliphatic heterocycles. The summed E-state index contributed by atoms with van der Waals surface area (Å²) in [6.07, 6.45) is 2.65. The number of nitrogens with one attached hydrogen (secondary N) is 1. The van der Waals surface area contributed by atoms with Crippen molar-refractivity contribution in [2.75, 3.05) is 28.4 Å². The van der Waals surface area contributed by atoms with Gasteiger partial charge < -0.3 is 24.3 Å². The fourth-order valence-corrected chi connectivity index (χ4v) is 4.56. The van der Waals surface area contributed by atoms with Crippen LogP contribution in [0.25, 0.3) is 11.1 Å². The van der Waals surface area contributed by atoms with Gasteiger partial charge in [-0.1, -0.05) is 30.3 Å². The van der Waals surface area contributed by atoms with Crippen molar-refractivity contribution < 1.29 is 33.3 Å². The summed E-state index contributed by atoms with van der Waals surface area (Å²) in [5, 5.41) is 2.86. The number of hydrogen-bond donors (Lipinski definition) is 1. The largest absolute Gasteiger partial charge is 0.496 e. The second kappa shape index (κ2) is 12.2. The predicted molar refractivity (Wildman–Crippen MR) is 130 cm³/mol. The molecule has 1 aliphatic rings. The first kappa shape index (κ1) is 26.1. The molecule has 2 aromatic carbocycles. The van der Waals surface area contributed by atoms with E-state index in [1.165, 1.54) is 14.2 Å². The third kappa shape index (κ3) is 6.32. The van der Waals surface area contributed by atoms with Crippen molar-refractivity contribution in [2.45, 2.75) is 38.1 Å². The Labute approximate surface area is 205 Å². The molecule has 0 aromatic heterocycles. The molecule has 1 saturated carbocycles. The quantitative estimate of drug-likeness (QED) is 0.545. The number of hydrogen-bond acceptors (Lipinski definition) is 7. The number of amides is 1. The zero-order valence-electron chi connectivity index (χ0n) is 20.7. The minimum absolute atomic E-state index is 0.166. The highest BCUT2D eigenvalue weighted by molar-refractivity contribution is 5.86. The van der Waals surface area contributed by atoms with Crippen LogP contribution in [0.5, 0.6) is 11.5 Å². The van der Waals surface area contributed by atoms with Crippen LogP contribution < -0.4 is 14.8 Å². The van der Waals surface area contributed by atoms with E-state index in [0.29, 0.717) is 43.6 Å². The third-order valence-corrected chi connectivity index (χ3v) is 6.54. The van der Waals surface area contributed by atoms with E-state index in [1.807, 2.05) is 42.5 Å².